The number of nitro groups is 1. The predicted molar refractivity (Wildman–Crippen MR) is 56.5 cm³/mol. The van der Waals surface area contributed by atoms with Crippen LogP contribution in [-0.2, 0) is 11.3 Å². The quantitative estimate of drug-likeness (QED) is 0.608. The molecule has 1 aromatic heterocycles. The lowest BCUT2D eigenvalue weighted by atomic mass is 10.2. The van der Waals surface area contributed by atoms with E-state index in [1.807, 2.05) is 0 Å². The van der Waals surface area contributed by atoms with Crippen molar-refractivity contribution < 1.29 is 9.72 Å². The summed E-state index contributed by atoms with van der Waals surface area (Å²) in [6.07, 6.45) is 2.64. The second-order valence-electron chi connectivity index (χ2n) is 3.13. The highest BCUT2D eigenvalue weighted by Gasteiger charge is 2.17. The highest BCUT2D eigenvalue weighted by atomic mass is 79.9. The summed E-state index contributed by atoms with van der Waals surface area (Å²) < 4.78 is 1.82. The Labute approximate surface area is 94.5 Å². The number of nitrogens with zero attached hydrogens (tertiary/aromatic N) is 3. The van der Waals surface area contributed by atoms with Gasteiger partial charge in [-0.05, 0) is 34.2 Å². The van der Waals surface area contributed by atoms with Crippen molar-refractivity contribution in [3.8, 4) is 0 Å². The molecule has 15 heavy (non-hydrogen) atoms. The summed E-state index contributed by atoms with van der Waals surface area (Å²) in [6, 6.07) is 0. The minimum Gasteiger partial charge on any atom is -0.358 e. The third kappa shape index (κ3) is 3.43. The largest absolute Gasteiger partial charge is 0.404 e. The summed E-state index contributed by atoms with van der Waals surface area (Å²) in [6.45, 7) is 2.02. The molecule has 0 radical (unpaired) electrons. The molecule has 0 aliphatic carbocycles. The van der Waals surface area contributed by atoms with Crippen LogP contribution >= 0.6 is 15.9 Å². The zero-order chi connectivity index (χ0) is 11.4. The first-order valence-corrected chi connectivity index (χ1v) is 5.17. The third-order valence-corrected chi connectivity index (χ3v) is 2.35. The molecule has 0 unspecified atom stereocenters. The maximum absolute atomic E-state index is 10.7. The molecule has 6 nitrogen and oxygen atoms in total. The lowest BCUT2D eigenvalue weighted by molar-refractivity contribution is -0.390. The molecule has 0 saturated heterocycles. The van der Waals surface area contributed by atoms with Gasteiger partial charge >= 0.3 is 5.82 Å². The maximum Gasteiger partial charge on any atom is 0.404 e. The first kappa shape index (κ1) is 11.8. The van der Waals surface area contributed by atoms with E-state index in [4.69, 9.17) is 0 Å². The maximum atomic E-state index is 10.7. The van der Waals surface area contributed by atoms with Gasteiger partial charge in [-0.3, -0.25) is 0 Å². The Kier molecular flexibility index (Phi) is 3.96. The fourth-order valence-electron chi connectivity index (χ4n) is 1.12. The molecule has 7 heteroatoms. The molecule has 82 valence electrons. The third-order valence-electron chi connectivity index (χ3n) is 1.79. The van der Waals surface area contributed by atoms with Gasteiger partial charge in [-0.1, -0.05) is 0 Å². The van der Waals surface area contributed by atoms with Crippen molar-refractivity contribution in [2.24, 2.45) is 0 Å². The Bertz CT molecular complexity index is 388. The number of hydrogen-bond acceptors (Lipinski definition) is 4. The van der Waals surface area contributed by atoms with Crippen LogP contribution < -0.4 is 0 Å². The van der Waals surface area contributed by atoms with Gasteiger partial charge in [-0.2, -0.15) is 4.68 Å². The Morgan fingerprint density at radius 2 is 2.40 bits per heavy atom. The molecule has 0 N–H and O–H groups in total. The van der Waals surface area contributed by atoms with Crippen molar-refractivity contribution in [2.45, 2.75) is 26.3 Å². The second kappa shape index (κ2) is 5.01. The van der Waals surface area contributed by atoms with E-state index in [2.05, 4.69) is 21.0 Å². The summed E-state index contributed by atoms with van der Waals surface area (Å²) in [4.78, 5) is 20.6. The van der Waals surface area contributed by atoms with Gasteiger partial charge in [0.1, 0.15) is 10.3 Å². The molecule has 0 spiro atoms. The molecule has 1 aromatic rings. The van der Waals surface area contributed by atoms with Crippen LogP contribution in [0.15, 0.2) is 10.7 Å². The van der Waals surface area contributed by atoms with Crippen molar-refractivity contribution in [2.75, 3.05) is 0 Å². The zero-order valence-electron chi connectivity index (χ0n) is 8.14. The summed E-state index contributed by atoms with van der Waals surface area (Å²) in [5, 5.41) is 14.2. The molecule has 1 rings (SSSR count). The van der Waals surface area contributed by atoms with E-state index in [-0.39, 0.29) is 11.6 Å². The Hall–Kier alpha value is -1.24. The number of hydrogen-bond donors (Lipinski definition) is 0. The SMILES string of the molecule is CC(=O)CCCn1cc(Br)c([N+](=O)[O-])n1. The highest BCUT2D eigenvalue weighted by Crippen LogP contribution is 2.22. The van der Waals surface area contributed by atoms with Crippen LogP contribution in [0.4, 0.5) is 5.82 Å². The fourth-order valence-corrected chi connectivity index (χ4v) is 1.58. The highest BCUT2D eigenvalue weighted by molar-refractivity contribution is 9.10. The molecule has 0 aromatic carbocycles. The molecule has 0 amide bonds. The molecular formula is C8H10BrN3O3. The molecule has 0 aliphatic rings. The van der Waals surface area contributed by atoms with E-state index >= 15 is 0 Å². The number of Topliss-reactive ketones (excluding diaryl/α,β-unsaturated/α-hetero) is 1. The summed E-state index contributed by atoms with van der Waals surface area (Å²) in [5.41, 5.74) is 0. The predicted octanol–water partition coefficient (Wildman–Crippen LogP) is 1.92. The molecule has 0 atom stereocenters. The van der Waals surface area contributed by atoms with E-state index in [0.29, 0.717) is 23.9 Å². The van der Waals surface area contributed by atoms with Crippen molar-refractivity contribution in [3.63, 3.8) is 0 Å². The van der Waals surface area contributed by atoms with Crippen LogP contribution in [0.25, 0.3) is 0 Å². The van der Waals surface area contributed by atoms with Crippen molar-refractivity contribution >= 4 is 27.5 Å². The van der Waals surface area contributed by atoms with Crippen LogP contribution in [0.2, 0.25) is 0 Å². The van der Waals surface area contributed by atoms with Crippen LogP contribution in [0.3, 0.4) is 0 Å². The summed E-state index contributed by atoms with van der Waals surface area (Å²) in [5.74, 6) is -0.0893. The monoisotopic (exact) mass is 275 g/mol. The molecular weight excluding hydrogens is 266 g/mol. The average molecular weight is 276 g/mol. The smallest absolute Gasteiger partial charge is 0.358 e. The van der Waals surface area contributed by atoms with E-state index in [0.717, 1.165) is 0 Å². The lowest BCUT2D eigenvalue weighted by Crippen LogP contribution is -2.01. The first-order chi connectivity index (χ1) is 7.00. The number of ketones is 1. The lowest BCUT2D eigenvalue weighted by Gasteiger charge is -1.93. The van der Waals surface area contributed by atoms with Gasteiger partial charge in [0.05, 0.1) is 17.8 Å². The fraction of sp³-hybridized carbons (Fsp3) is 0.500. The topological polar surface area (TPSA) is 78.0 Å². The second-order valence-corrected chi connectivity index (χ2v) is 3.98. The standard InChI is InChI=1S/C8H10BrN3O3/c1-6(13)3-2-4-11-5-7(9)8(10-11)12(14)15/h5H,2-4H2,1H3. The van der Waals surface area contributed by atoms with Crippen molar-refractivity contribution in [3.05, 3.63) is 20.8 Å². The van der Waals surface area contributed by atoms with Gasteiger partial charge in [0.15, 0.2) is 0 Å². The molecule has 0 fully saturated rings. The van der Waals surface area contributed by atoms with Crippen molar-refractivity contribution in [1.29, 1.82) is 0 Å². The summed E-state index contributed by atoms with van der Waals surface area (Å²) >= 11 is 3.05. The van der Waals surface area contributed by atoms with Gasteiger partial charge in [0, 0.05) is 6.42 Å². The number of halogens is 1. The van der Waals surface area contributed by atoms with Gasteiger partial charge in [0.25, 0.3) is 0 Å². The molecule has 1 heterocycles. The number of aromatic nitrogens is 2. The van der Waals surface area contributed by atoms with Crippen LogP contribution in [-0.4, -0.2) is 20.5 Å². The number of carbonyl (C=O) groups excluding carboxylic acids is 1. The Morgan fingerprint density at radius 1 is 1.73 bits per heavy atom. The number of carbonyl (C=O) groups is 1. The van der Waals surface area contributed by atoms with E-state index in [9.17, 15) is 14.9 Å². The van der Waals surface area contributed by atoms with E-state index in [1.165, 1.54) is 17.8 Å². The van der Waals surface area contributed by atoms with Crippen LogP contribution in [0, 0.1) is 10.1 Å². The average Bonchev–Trinajstić information content (AvgIpc) is 2.46. The summed E-state index contributed by atoms with van der Waals surface area (Å²) in [7, 11) is 0. The molecule has 0 aliphatic heterocycles. The van der Waals surface area contributed by atoms with Gasteiger partial charge < -0.3 is 14.9 Å². The number of rotatable bonds is 5. The Morgan fingerprint density at radius 3 is 2.87 bits per heavy atom. The van der Waals surface area contributed by atoms with Gasteiger partial charge in [-0.25, -0.2) is 0 Å². The van der Waals surface area contributed by atoms with Crippen LogP contribution in [0.5, 0.6) is 0 Å². The van der Waals surface area contributed by atoms with Crippen LogP contribution in [0.1, 0.15) is 19.8 Å². The Balaban J connectivity index is 2.59. The molecule has 0 saturated carbocycles. The number of aryl methyl sites for hydroxylation is 1. The van der Waals surface area contributed by atoms with E-state index < -0.39 is 4.92 Å². The van der Waals surface area contributed by atoms with Crippen molar-refractivity contribution in [1.82, 2.24) is 9.78 Å². The normalized spacial score (nSPS) is 10.3. The van der Waals surface area contributed by atoms with E-state index in [1.54, 1.807) is 0 Å². The van der Waals surface area contributed by atoms with Gasteiger partial charge in [0.2, 0.25) is 0 Å². The van der Waals surface area contributed by atoms with Gasteiger partial charge in [-0.15, -0.1) is 0 Å². The first-order valence-electron chi connectivity index (χ1n) is 4.37. The zero-order valence-corrected chi connectivity index (χ0v) is 9.73. The molecule has 0 bridgehead atoms. The minimum absolute atomic E-state index is 0.107. The minimum atomic E-state index is -0.550.